The van der Waals surface area contributed by atoms with Crippen LogP contribution in [0.5, 0.6) is 5.75 Å². The highest BCUT2D eigenvalue weighted by Gasteiger charge is 2.27. The van der Waals surface area contributed by atoms with Crippen LogP contribution in [0.1, 0.15) is 12.5 Å². The molecule has 2 rings (SSSR count). The van der Waals surface area contributed by atoms with Gasteiger partial charge in [-0.15, -0.1) is 0 Å². The van der Waals surface area contributed by atoms with Crippen molar-refractivity contribution >= 4 is 34.8 Å². The standard InChI is InChI=1S/C17H17N3O4/c1-10-9-14(22)7-8-15(10)19-16(23)17(24)20(11(2)21)13-5-3-12(18)4-6-13/h3-9,22H,18H2,1-2H3,(H,19,23). The zero-order valence-electron chi connectivity index (χ0n) is 13.2. The van der Waals surface area contributed by atoms with Crippen molar-refractivity contribution in [3.05, 3.63) is 48.0 Å². The van der Waals surface area contributed by atoms with Crippen molar-refractivity contribution in [1.82, 2.24) is 0 Å². The Hall–Kier alpha value is -3.35. The second-order valence-corrected chi connectivity index (χ2v) is 5.20. The van der Waals surface area contributed by atoms with Gasteiger partial charge in [0.05, 0.1) is 5.69 Å². The lowest BCUT2D eigenvalue weighted by Crippen LogP contribution is -2.42. The number of aryl methyl sites for hydroxylation is 1. The lowest BCUT2D eigenvalue weighted by Gasteiger charge is -2.19. The quantitative estimate of drug-likeness (QED) is 0.442. The van der Waals surface area contributed by atoms with E-state index in [1.807, 2.05) is 0 Å². The molecule has 0 spiro atoms. The maximum atomic E-state index is 12.4. The van der Waals surface area contributed by atoms with Crippen LogP contribution >= 0.6 is 0 Å². The van der Waals surface area contributed by atoms with Gasteiger partial charge in [0.2, 0.25) is 5.91 Å². The predicted octanol–water partition coefficient (Wildman–Crippen LogP) is 1.80. The third-order valence-corrected chi connectivity index (χ3v) is 3.32. The van der Waals surface area contributed by atoms with Gasteiger partial charge in [-0.2, -0.15) is 0 Å². The van der Waals surface area contributed by atoms with Gasteiger partial charge < -0.3 is 16.2 Å². The molecule has 2 aromatic carbocycles. The number of carbonyl (C=O) groups is 3. The summed E-state index contributed by atoms with van der Waals surface area (Å²) in [5.41, 5.74) is 7.25. The molecule has 4 N–H and O–H groups in total. The van der Waals surface area contributed by atoms with E-state index in [2.05, 4.69) is 5.32 Å². The predicted molar refractivity (Wildman–Crippen MR) is 90.5 cm³/mol. The summed E-state index contributed by atoms with van der Waals surface area (Å²) in [6, 6.07) is 10.3. The Morgan fingerprint density at radius 1 is 1.08 bits per heavy atom. The molecule has 0 bridgehead atoms. The fraction of sp³-hybridized carbons (Fsp3) is 0.118. The lowest BCUT2D eigenvalue weighted by atomic mass is 10.2. The fourth-order valence-corrected chi connectivity index (χ4v) is 2.13. The summed E-state index contributed by atoms with van der Waals surface area (Å²) in [5.74, 6) is -2.53. The number of hydrogen-bond donors (Lipinski definition) is 3. The highest BCUT2D eigenvalue weighted by Crippen LogP contribution is 2.21. The monoisotopic (exact) mass is 327 g/mol. The van der Waals surface area contributed by atoms with Crippen molar-refractivity contribution in [1.29, 1.82) is 0 Å². The molecular formula is C17H17N3O4. The van der Waals surface area contributed by atoms with E-state index in [4.69, 9.17) is 5.73 Å². The zero-order chi connectivity index (χ0) is 17.9. The molecule has 0 heterocycles. The molecule has 0 unspecified atom stereocenters. The zero-order valence-corrected chi connectivity index (χ0v) is 13.2. The number of phenolic OH excluding ortho intramolecular Hbond substituents is 1. The maximum absolute atomic E-state index is 12.4. The summed E-state index contributed by atoms with van der Waals surface area (Å²) >= 11 is 0. The van der Waals surface area contributed by atoms with Gasteiger partial charge in [-0.1, -0.05) is 0 Å². The minimum Gasteiger partial charge on any atom is -0.508 e. The molecule has 0 saturated heterocycles. The van der Waals surface area contributed by atoms with Gasteiger partial charge in [0.1, 0.15) is 5.75 Å². The second kappa shape index (κ2) is 6.82. The minimum atomic E-state index is -1.01. The van der Waals surface area contributed by atoms with Crippen LogP contribution in [-0.2, 0) is 14.4 Å². The first-order chi connectivity index (χ1) is 11.3. The van der Waals surface area contributed by atoms with E-state index in [0.717, 1.165) is 4.90 Å². The SMILES string of the molecule is CC(=O)N(C(=O)C(=O)Nc1ccc(O)cc1C)c1ccc(N)cc1. The summed E-state index contributed by atoms with van der Waals surface area (Å²) in [5, 5.41) is 11.8. The highest BCUT2D eigenvalue weighted by atomic mass is 16.3. The van der Waals surface area contributed by atoms with Crippen LogP contribution < -0.4 is 16.0 Å². The van der Waals surface area contributed by atoms with Crippen LogP contribution in [0.2, 0.25) is 0 Å². The average molecular weight is 327 g/mol. The third-order valence-electron chi connectivity index (χ3n) is 3.32. The normalized spacial score (nSPS) is 10.1. The highest BCUT2D eigenvalue weighted by molar-refractivity contribution is 6.48. The molecule has 0 aliphatic heterocycles. The molecule has 7 nitrogen and oxygen atoms in total. The smallest absolute Gasteiger partial charge is 0.323 e. The Morgan fingerprint density at radius 3 is 2.25 bits per heavy atom. The Bertz CT molecular complexity index is 800. The van der Waals surface area contributed by atoms with Gasteiger partial charge in [0.25, 0.3) is 0 Å². The molecule has 0 fully saturated rings. The molecule has 124 valence electrons. The summed E-state index contributed by atoms with van der Waals surface area (Å²) in [6.07, 6.45) is 0. The van der Waals surface area contributed by atoms with Crippen molar-refractivity contribution in [2.75, 3.05) is 16.0 Å². The summed E-state index contributed by atoms with van der Waals surface area (Å²) in [6.45, 7) is 2.86. The van der Waals surface area contributed by atoms with E-state index in [1.54, 1.807) is 6.92 Å². The van der Waals surface area contributed by atoms with Crippen LogP contribution in [0.25, 0.3) is 0 Å². The molecule has 0 aromatic heterocycles. The van der Waals surface area contributed by atoms with E-state index in [9.17, 15) is 19.5 Å². The van der Waals surface area contributed by atoms with Gasteiger partial charge in [-0.25, -0.2) is 4.90 Å². The number of imide groups is 1. The molecule has 0 aliphatic carbocycles. The van der Waals surface area contributed by atoms with E-state index < -0.39 is 17.7 Å². The number of nitrogens with zero attached hydrogens (tertiary/aromatic N) is 1. The number of nitrogens with one attached hydrogen (secondary N) is 1. The van der Waals surface area contributed by atoms with E-state index in [0.29, 0.717) is 16.9 Å². The first-order valence-electron chi connectivity index (χ1n) is 7.10. The van der Waals surface area contributed by atoms with Gasteiger partial charge in [0, 0.05) is 18.3 Å². The third kappa shape index (κ3) is 3.70. The largest absolute Gasteiger partial charge is 0.508 e. The summed E-state index contributed by atoms with van der Waals surface area (Å²) in [4.78, 5) is 37.1. The number of benzene rings is 2. The van der Waals surface area contributed by atoms with Crippen molar-refractivity contribution in [2.24, 2.45) is 0 Å². The number of hydrogen-bond acceptors (Lipinski definition) is 5. The Balaban J connectivity index is 2.24. The first kappa shape index (κ1) is 17.0. The average Bonchev–Trinajstić information content (AvgIpc) is 2.51. The Morgan fingerprint density at radius 2 is 1.71 bits per heavy atom. The number of phenols is 1. The molecule has 3 amide bonds. The molecule has 7 heteroatoms. The van der Waals surface area contributed by atoms with Gasteiger partial charge >= 0.3 is 11.8 Å². The second-order valence-electron chi connectivity index (χ2n) is 5.20. The molecular weight excluding hydrogens is 310 g/mol. The van der Waals surface area contributed by atoms with E-state index >= 15 is 0 Å². The molecule has 2 aromatic rings. The Labute approximate surface area is 138 Å². The molecule has 0 atom stereocenters. The van der Waals surface area contributed by atoms with E-state index in [-0.39, 0.29) is 11.4 Å². The van der Waals surface area contributed by atoms with Gasteiger partial charge in [-0.3, -0.25) is 14.4 Å². The van der Waals surface area contributed by atoms with Crippen molar-refractivity contribution in [2.45, 2.75) is 13.8 Å². The van der Waals surface area contributed by atoms with Crippen molar-refractivity contribution < 1.29 is 19.5 Å². The Kier molecular flexibility index (Phi) is 4.84. The molecule has 24 heavy (non-hydrogen) atoms. The molecule has 0 aliphatic rings. The van der Waals surface area contributed by atoms with Crippen LogP contribution in [0.4, 0.5) is 17.1 Å². The van der Waals surface area contributed by atoms with Crippen LogP contribution in [0, 0.1) is 6.92 Å². The van der Waals surface area contributed by atoms with E-state index in [1.165, 1.54) is 49.4 Å². The first-order valence-corrected chi connectivity index (χ1v) is 7.10. The topological polar surface area (TPSA) is 113 Å². The van der Waals surface area contributed by atoms with Gasteiger partial charge in [-0.05, 0) is 55.0 Å². The lowest BCUT2D eigenvalue weighted by molar-refractivity contribution is -0.136. The number of carbonyl (C=O) groups excluding carboxylic acids is 3. The number of nitrogen functional groups attached to an aromatic ring is 1. The summed E-state index contributed by atoms with van der Waals surface area (Å²) < 4.78 is 0. The van der Waals surface area contributed by atoms with Gasteiger partial charge in [0.15, 0.2) is 0 Å². The minimum absolute atomic E-state index is 0.0454. The number of anilines is 3. The number of aromatic hydroxyl groups is 1. The van der Waals surface area contributed by atoms with Crippen LogP contribution in [0.3, 0.4) is 0 Å². The number of nitrogens with two attached hydrogens (primary N) is 1. The fourth-order valence-electron chi connectivity index (χ4n) is 2.13. The van der Waals surface area contributed by atoms with Crippen LogP contribution in [0.15, 0.2) is 42.5 Å². The number of rotatable bonds is 2. The van der Waals surface area contributed by atoms with Crippen molar-refractivity contribution in [3.8, 4) is 5.75 Å². The molecule has 0 radical (unpaired) electrons. The maximum Gasteiger partial charge on any atom is 0.323 e. The number of amides is 3. The summed E-state index contributed by atoms with van der Waals surface area (Å²) in [7, 11) is 0. The van der Waals surface area contributed by atoms with Crippen LogP contribution in [-0.4, -0.2) is 22.8 Å². The van der Waals surface area contributed by atoms with Crippen molar-refractivity contribution in [3.63, 3.8) is 0 Å². The molecule has 0 saturated carbocycles.